The Morgan fingerprint density at radius 1 is 1.21 bits per heavy atom. The van der Waals surface area contributed by atoms with E-state index in [0.29, 0.717) is 18.0 Å². The van der Waals surface area contributed by atoms with Crippen molar-refractivity contribution < 1.29 is 14.4 Å². The summed E-state index contributed by atoms with van der Waals surface area (Å²) in [6.45, 7) is 4.05. The van der Waals surface area contributed by atoms with Gasteiger partial charge < -0.3 is 20.0 Å². The molecule has 1 aliphatic rings. The zero-order valence-corrected chi connectivity index (χ0v) is 17.5. The van der Waals surface area contributed by atoms with Crippen molar-refractivity contribution in [2.75, 3.05) is 0 Å². The first-order valence-electron chi connectivity index (χ1n) is 10.5. The van der Waals surface area contributed by atoms with Crippen LogP contribution < -0.4 is 10.6 Å². The Morgan fingerprint density at radius 3 is 2.62 bits per heavy atom. The summed E-state index contributed by atoms with van der Waals surface area (Å²) in [6.07, 6.45) is 4.85. The lowest BCUT2D eigenvalue weighted by Crippen LogP contribution is -2.50. The number of rotatable bonds is 7. The maximum absolute atomic E-state index is 13.0. The first-order valence-corrected chi connectivity index (χ1v) is 10.5. The van der Waals surface area contributed by atoms with E-state index < -0.39 is 6.04 Å². The third kappa shape index (κ3) is 4.86. The minimum Gasteiger partial charge on any atom is -0.347 e. The van der Waals surface area contributed by atoms with E-state index in [9.17, 15) is 14.4 Å². The summed E-state index contributed by atoms with van der Waals surface area (Å²) < 4.78 is 1.88. The second-order valence-electron chi connectivity index (χ2n) is 8.50. The number of benzene rings is 1. The Kier molecular flexibility index (Phi) is 6.72. The van der Waals surface area contributed by atoms with Gasteiger partial charge in [0.1, 0.15) is 12.0 Å². The molecule has 0 aliphatic heterocycles. The fourth-order valence-electron chi connectivity index (χ4n) is 4.31. The number of amides is 2. The van der Waals surface area contributed by atoms with E-state index in [1.807, 2.05) is 55.8 Å². The summed E-state index contributed by atoms with van der Waals surface area (Å²) in [5.41, 5.74) is 1.58. The maximum Gasteiger partial charge on any atom is 0.268 e. The predicted molar refractivity (Wildman–Crippen MR) is 114 cm³/mol. The van der Waals surface area contributed by atoms with Crippen molar-refractivity contribution in [2.45, 2.75) is 58.0 Å². The summed E-state index contributed by atoms with van der Waals surface area (Å²) in [6, 6.07) is 9.06. The van der Waals surface area contributed by atoms with Crippen molar-refractivity contribution in [3.8, 4) is 0 Å². The van der Waals surface area contributed by atoms with Gasteiger partial charge in [0.05, 0.1) is 12.0 Å². The van der Waals surface area contributed by atoms with Crippen LogP contribution in [0.1, 0.15) is 56.4 Å². The van der Waals surface area contributed by atoms with Crippen molar-refractivity contribution in [1.82, 2.24) is 15.2 Å². The molecule has 1 heterocycles. The predicted octanol–water partition coefficient (Wildman–Crippen LogP) is 3.20. The number of aryl methyl sites for hydroxylation is 1. The number of hydrogen-bond donors (Lipinski definition) is 2. The zero-order valence-electron chi connectivity index (χ0n) is 17.5. The van der Waals surface area contributed by atoms with Gasteiger partial charge in [0.25, 0.3) is 5.91 Å². The standard InChI is InChI=1S/C23H31N3O3/c1-15(2)12-17(14-27)24-22(28)18-9-5-6-10-19(18)25-23(29)21-13-16-8-4-7-11-20(16)26(21)3/h4,7-8,11,13-15,17-19H,5-6,9-10,12H2,1-3H3,(H,24,28)(H,25,29)/t17?,18-,19+/m1/s1. The summed E-state index contributed by atoms with van der Waals surface area (Å²) in [7, 11) is 1.88. The van der Waals surface area contributed by atoms with Gasteiger partial charge in [0.15, 0.2) is 0 Å². The van der Waals surface area contributed by atoms with Crippen molar-refractivity contribution >= 4 is 29.0 Å². The molecule has 6 nitrogen and oxygen atoms in total. The van der Waals surface area contributed by atoms with Gasteiger partial charge in [-0.05, 0) is 37.3 Å². The second kappa shape index (κ2) is 9.25. The van der Waals surface area contributed by atoms with Gasteiger partial charge in [0, 0.05) is 24.0 Å². The van der Waals surface area contributed by atoms with Crippen LogP contribution in [-0.2, 0) is 16.6 Å². The molecule has 156 valence electrons. The molecule has 29 heavy (non-hydrogen) atoms. The number of carbonyl (C=O) groups is 3. The monoisotopic (exact) mass is 397 g/mol. The maximum atomic E-state index is 13.0. The molecular formula is C23H31N3O3. The van der Waals surface area contributed by atoms with Gasteiger partial charge in [-0.15, -0.1) is 0 Å². The van der Waals surface area contributed by atoms with Crippen LogP contribution >= 0.6 is 0 Å². The van der Waals surface area contributed by atoms with Gasteiger partial charge in [-0.1, -0.05) is 44.9 Å². The smallest absolute Gasteiger partial charge is 0.268 e. The SMILES string of the molecule is CC(C)CC(C=O)NC(=O)[C@@H]1CCCC[C@@H]1NC(=O)c1cc2ccccc2n1C. The third-order valence-electron chi connectivity index (χ3n) is 5.82. The lowest BCUT2D eigenvalue weighted by Gasteiger charge is -2.32. The second-order valence-corrected chi connectivity index (χ2v) is 8.50. The molecule has 1 aliphatic carbocycles. The van der Waals surface area contributed by atoms with Gasteiger partial charge >= 0.3 is 0 Å². The molecule has 0 spiro atoms. The van der Waals surface area contributed by atoms with Gasteiger partial charge in [0.2, 0.25) is 5.91 Å². The molecule has 3 rings (SSSR count). The first-order chi connectivity index (χ1) is 13.9. The fourth-order valence-corrected chi connectivity index (χ4v) is 4.31. The van der Waals surface area contributed by atoms with Crippen LogP contribution in [0.2, 0.25) is 0 Å². The Labute approximate surface area is 172 Å². The third-order valence-corrected chi connectivity index (χ3v) is 5.82. The lowest BCUT2D eigenvalue weighted by molar-refractivity contribution is -0.129. The van der Waals surface area contributed by atoms with Crippen LogP contribution in [0.25, 0.3) is 10.9 Å². The molecule has 1 fully saturated rings. The van der Waals surface area contributed by atoms with Gasteiger partial charge in [-0.2, -0.15) is 0 Å². The molecule has 0 saturated heterocycles. The Balaban J connectivity index is 1.72. The molecule has 1 aromatic carbocycles. The number of carbonyl (C=O) groups excluding carboxylic acids is 3. The molecule has 0 bridgehead atoms. The van der Waals surface area contributed by atoms with E-state index in [0.717, 1.165) is 42.9 Å². The number of hydrogen-bond acceptors (Lipinski definition) is 3. The Bertz CT molecular complexity index is 887. The molecule has 6 heteroatoms. The number of nitrogens with one attached hydrogen (secondary N) is 2. The summed E-state index contributed by atoms with van der Waals surface area (Å²) >= 11 is 0. The van der Waals surface area contributed by atoms with Gasteiger partial charge in [-0.3, -0.25) is 9.59 Å². The Hall–Kier alpha value is -2.63. The molecular weight excluding hydrogens is 366 g/mol. The van der Waals surface area contributed by atoms with Crippen molar-refractivity contribution in [3.63, 3.8) is 0 Å². The molecule has 1 aromatic heterocycles. The number of para-hydroxylation sites is 1. The van der Waals surface area contributed by atoms with E-state index in [1.165, 1.54) is 0 Å². The number of nitrogens with zero attached hydrogens (tertiary/aromatic N) is 1. The normalized spacial score (nSPS) is 20.4. The van der Waals surface area contributed by atoms with Crippen LogP contribution in [0.3, 0.4) is 0 Å². The molecule has 2 N–H and O–H groups in total. The summed E-state index contributed by atoms with van der Waals surface area (Å²) in [5.74, 6) is -0.289. The largest absolute Gasteiger partial charge is 0.347 e. The van der Waals surface area contributed by atoms with Crippen molar-refractivity contribution in [1.29, 1.82) is 0 Å². The van der Waals surface area contributed by atoms with E-state index in [-0.39, 0.29) is 23.8 Å². The van der Waals surface area contributed by atoms with Crippen LogP contribution in [0.4, 0.5) is 0 Å². The molecule has 1 unspecified atom stereocenters. The van der Waals surface area contributed by atoms with Crippen LogP contribution in [0.5, 0.6) is 0 Å². The van der Waals surface area contributed by atoms with E-state index in [2.05, 4.69) is 10.6 Å². The van der Waals surface area contributed by atoms with Crippen LogP contribution in [-0.4, -0.2) is 34.8 Å². The topological polar surface area (TPSA) is 80.2 Å². The zero-order chi connectivity index (χ0) is 21.0. The van der Waals surface area contributed by atoms with Crippen LogP contribution in [0, 0.1) is 11.8 Å². The summed E-state index contributed by atoms with van der Waals surface area (Å²) in [4.78, 5) is 37.2. The van der Waals surface area contributed by atoms with E-state index in [4.69, 9.17) is 0 Å². The van der Waals surface area contributed by atoms with Crippen LogP contribution in [0.15, 0.2) is 30.3 Å². The highest BCUT2D eigenvalue weighted by atomic mass is 16.2. The quantitative estimate of drug-likeness (QED) is 0.704. The number of aromatic nitrogens is 1. The average Bonchev–Trinajstić information content (AvgIpc) is 3.04. The highest BCUT2D eigenvalue weighted by Gasteiger charge is 2.33. The van der Waals surface area contributed by atoms with E-state index >= 15 is 0 Å². The van der Waals surface area contributed by atoms with Gasteiger partial charge in [-0.25, -0.2) is 0 Å². The minimum absolute atomic E-state index is 0.134. The lowest BCUT2D eigenvalue weighted by atomic mass is 9.83. The fraction of sp³-hybridized carbons (Fsp3) is 0.522. The highest BCUT2D eigenvalue weighted by Crippen LogP contribution is 2.26. The molecule has 0 radical (unpaired) electrons. The Morgan fingerprint density at radius 2 is 1.93 bits per heavy atom. The summed E-state index contributed by atoms with van der Waals surface area (Å²) in [5, 5.41) is 6.99. The number of aldehydes is 1. The molecule has 1 saturated carbocycles. The minimum atomic E-state index is -0.473. The van der Waals surface area contributed by atoms with Crippen molar-refractivity contribution in [3.05, 3.63) is 36.0 Å². The van der Waals surface area contributed by atoms with Crippen molar-refractivity contribution in [2.24, 2.45) is 18.9 Å². The first kappa shape index (κ1) is 21.1. The highest BCUT2D eigenvalue weighted by molar-refractivity contribution is 5.99. The average molecular weight is 398 g/mol. The molecule has 3 atom stereocenters. The number of fused-ring (bicyclic) bond motifs is 1. The molecule has 2 amide bonds. The van der Waals surface area contributed by atoms with E-state index in [1.54, 1.807) is 0 Å². The molecule has 2 aromatic rings.